The molecule has 9 heteroatoms. The molecule has 2 saturated heterocycles. The fourth-order valence-corrected chi connectivity index (χ4v) is 2.80. The second-order valence-electron chi connectivity index (χ2n) is 7.80. The van der Waals surface area contributed by atoms with E-state index >= 15 is 0 Å². The van der Waals surface area contributed by atoms with Crippen LogP contribution < -0.4 is 11.1 Å². The largest absolute Gasteiger partial charge is 0.480 e. The lowest BCUT2D eigenvalue weighted by atomic mass is 10.0. The average molecular weight is 385 g/mol. The van der Waals surface area contributed by atoms with Gasteiger partial charge in [0, 0.05) is 13.0 Å². The third kappa shape index (κ3) is 8.85. The lowest BCUT2D eigenvalue weighted by Crippen LogP contribution is -2.48. The van der Waals surface area contributed by atoms with Gasteiger partial charge in [-0.3, -0.25) is 14.4 Å². The molecule has 9 nitrogen and oxygen atoms in total. The molecule has 0 saturated carbocycles. The number of nitrogens with two attached hydrogens (primary N) is 1. The van der Waals surface area contributed by atoms with Crippen molar-refractivity contribution in [3.63, 3.8) is 0 Å². The minimum Gasteiger partial charge on any atom is -0.480 e. The van der Waals surface area contributed by atoms with Crippen molar-refractivity contribution in [3.8, 4) is 0 Å². The van der Waals surface area contributed by atoms with Crippen LogP contribution in [0.3, 0.4) is 0 Å². The molecule has 0 aromatic heterocycles. The predicted molar refractivity (Wildman–Crippen MR) is 97.7 cm³/mol. The molecule has 0 aromatic carbocycles. The van der Waals surface area contributed by atoms with Gasteiger partial charge in [-0.25, -0.2) is 4.79 Å². The summed E-state index contributed by atoms with van der Waals surface area (Å²) in [5.74, 6) is -1.62. The standard InChI is InChI=1S/C13H24N2O3.C5H7NO3/c1-13(2,3)18-11(16)9-15-8-6-4-5-7-10(14)12(15)17;7-4-2-1-3(6-4)5(8)9/h10H,4-9,14H2,1-3H3;3H,1-2H2,(H,6,7)(H,8,9)/t10-;3-/m10/s1. The van der Waals surface area contributed by atoms with Crippen molar-refractivity contribution in [2.75, 3.05) is 13.1 Å². The molecule has 2 atom stereocenters. The van der Waals surface area contributed by atoms with E-state index in [9.17, 15) is 19.2 Å². The van der Waals surface area contributed by atoms with E-state index in [1.165, 1.54) is 4.90 Å². The number of carboxylic acid groups (broad SMARTS) is 1. The number of carboxylic acids is 1. The van der Waals surface area contributed by atoms with Gasteiger partial charge >= 0.3 is 11.9 Å². The maximum atomic E-state index is 12.0. The molecule has 0 aliphatic carbocycles. The zero-order valence-electron chi connectivity index (χ0n) is 16.3. The zero-order chi connectivity index (χ0) is 20.6. The molecular weight excluding hydrogens is 354 g/mol. The van der Waals surface area contributed by atoms with Crippen LogP contribution in [-0.2, 0) is 23.9 Å². The fraction of sp³-hybridized carbons (Fsp3) is 0.778. The van der Waals surface area contributed by atoms with E-state index in [4.69, 9.17) is 15.6 Å². The van der Waals surface area contributed by atoms with Crippen molar-refractivity contribution in [1.82, 2.24) is 10.2 Å². The van der Waals surface area contributed by atoms with Crippen LogP contribution in [-0.4, -0.2) is 64.5 Å². The van der Waals surface area contributed by atoms with Gasteiger partial charge in [-0.2, -0.15) is 0 Å². The lowest BCUT2D eigenvalue weighted by Gasteiger charge is -2.28. The quantitative estimate of drug-likeness (QED) is 0.598. The number of rotatable bonds is 3. The number of esters is 1. The smallest absolute Gasteiger partial charge is 0.326 e. The van der Waals surface area contributed by atoms with Crippen molar-refractivity contribution in [1.29, 1.82) is 0 Å². The molecule has 154 valence electrons. The molecular formula is C18H31N3O6. The summed E-state index contributed by atoms with van der Waals surface area (Å²) < 4.78 is 5.22. The van der Waals surface area contributed by atoms with Gasteiger partial charge in [0.25, 0.3) is 0 Å². The monoisotopic (exact) mass is 385 g/mol. The molecule has 0 radical (unpaired) electrons. The van der Waals surface area contributed by atoms with E-state index in [1.807, 2.05) is 20.8 Å². The number of carbonyl (C=O) groups excluding carboxylic acids is 3. The zero-order valence-corrected chi connectivity index (χ0v) is 16.3. The number of hydrogen-bond donors (Lipinski definition) is 3. The summed E-state index contributed by atoms with van der Waals surface area (Å²) in [6, 6.07) is -1.12. The average Bonchev–Trinajstić information content (AvgIpc) is 2.97. The summed E-state index contributed by atoms with van der Waals surface area (Å²) in [4.78, 5) is 45.8. The normalized spacial score (nSPS) is 23.5. The highest BCUT2D eigenvalue weighted by atomic mass is 16.6. The van der Waals surface area contributed by atoms with Crippen LogP contribution in [0.15, 0.2) is 0 Å². The number of nitrogens with zero attached hydrogens (tertiary/aromatic N) is 1. The van der Waals surface area contributed by atoms with E-state index in [1.54, 1.807) is 0 Å². The first-order valence-corrected chi connectivity index (χ1v) is 9.28. The Bertz CT molecular complexity index is 558. The van der Waals surface area contributed by atoms with Crippen molar-refractivity contribution in [2.24, 2.45) is 5.73 Å². The molecule has 4 N–H and O–H groups in total. The van der Waals surface area contributed by atoms with Crippen molar-refractivity contribution < 1.29 is 29.0 Å². The second-order valence-corrected chi connectivity index (χ2v) is 7.80. The maximum absolute atomic E-state index is 12.0. The van der Waals surface area contributed by atoms with Gasteiger partial charge < -0.3 is 25.8 Å². The van der Waals surface area contributed by atoms with Gasteiger partial charge in [-0.15, -0.1) is 0 Å². The summed E-state index contributed by atoms with van der Waals surface area (Å²) >= 11 is 0. The number of carbonyl (C=O) groups is 4. The van der Waals surface area contributed by atoms with E-state index < -0.39 is 23.7 Å². The number of likely N-dealkylation sites (tertiary alicyclic amines) is 1. The summed E-state index contributed by atoms with van der Waals surface area (Å²) in [7, 11) is 0. The number of aliphatic carboxylic acids is 1. The summed E-state index contributed by atoms with van der Waals surface area (Å²) in [5.41, 5.74) is 5.27. The van der Waals surface area contributed by atoms with Crippen LogP contribution in [0.25, 0.3) is 0 Å². The SMILES string of the molecule is CC(C)(C)OC(=O)CN1CCCCC[C@@H](N)C1=O.O=C1CC[C@@H](C(=O)O)N1. The molecule has 0 unspecified atom stereocenters. The minimum absolute atomic E-state index is 0.00377. The van der Waals surface area contributed by atoms with E-state index in [0.717, 1.165) is 19.3 Å². The summed E-state index contributed by atoms with van der Waals surface area (Å²) in [6.07, 6.45) is 4.41. The highest BCUT2D eigenvalue weighted by molar-refractivity contribution is 5.87. The first-order chi connectivity index (χ1) is 12.5. The Labute approximate surface area is 159 Å². The number of amides is 2. The van der Waals surface area contributed by atoms with Crippen LogP contribution in [0.4, 0.5) is 0 Å². The Morgan fingerprint density at radius 3 is 2.37 bits per heavy atom. The van der Waals surface area contributed by atoms with E-state index in [-0.39, 0.29) is 24.3 Å². The Hall–Kier alpha value is -2.16. The van der Waals surface area contributed by atoms with Gasteiger partial charge in [-0.05, 0) is 40.0 Å². The van der Waals surface area contributed by atoms with Crippen molar-refractivity contribution in [3.05, 3.63) is 0 Å². The summed E-state index contributed by atoms with van der Waals surface area (Å²) in [5, 5.41) is 10.6. The number of hydrogen-bond acceptors (Lipinski definition) is 6. The fourth-order valence-electron chi connectivity index (χ4n) is 2.80. The van der Waals surface area contributed by atoms with Crippen LogP contribution >= 0.6 is 0 Å². The Kier molecular flexibility index (Phi) is 8.68. The van der Waals surface area contributed by atoms with Crippen molar-refractivity contribution in [2.45, 2.75) is 77.0 Å². The van der Waals surface area contributed by atoms with Gasteiger partial charge in [-0.1, -0.05) is 12.8 Å². The first kappa shape index (κ1) is 22.9. The topological polar surface area (TPSA) is 139 Å². The molecule has 2 fully saturated rings. The molecule has 2 aliphatic heterocycles. The predicted octanol–water partition coefficient (Wildman–Crippen LogP) is 0.408. The number of nitrogens with one attached hydrogen (secondary N) is 1. The summed E-state index contributed by atoms with van der Waals surface area (Å²) in [6.45, 7) is 6.03. The maximum Gasteiger partial charge on any atom is 0.326 e. The molecule has 2 aliphatic rings. The van der Waals surface area contributed by atoms with Crippen LogP contribution in [0.2, 0.25) is 0 Å². The molecule has 0 spiro atoms. The Morgan fingerprint density at radius 2 is 1.89 bits per heavy atom. The van der Waals surface area contributed by atoms with E-state index in [2.05, 4.69) is 5.32 Å². The van der Waals surface area contributed by atoms with Crippen molar-refractivity contribution >= 4 is 23.8 Å². The minimum atomic E-state index is -0.944. The lowest BCUT2D eigenvalue weighted by molar-refractivity contribution is -0.159. The molecule has 2 amide bonds. The third-order valence-electron chi connectivity index (χ3n) is 4.11. The van der Waals surface area contributed by atoms with E-state index in [0.29, 0.717) is 25.8 Å². The molecule has 2 heterocycles. The van der Waals surface area contributed by atoms with Gasteiger partial charge in [0.15, 0.2) is 0 Å². The van der Waals surface area contributed by atoms with Gasteiger partial charge in [0.1, 0.15) is 18.2 Å². The molecule has 0 bridgehead atoms. The third-order valence-corrected chi connectivity index (χ3v) is 4.11. The Morgan fingerprint density at radius 1 is 1.22 bits per heavy atom. The molecule has 2 rings (SSSR count). The number of ether oxygens (including phenoxy) is 1. The first-order valence-electron chi connectivity index (χ1n) is 9.28. The van der Waals surface area contributed by atoms with Crippen LogP contribution in [0, 0.1) is 0 Å². The highest BCUT2D eigenvalue weighted by Gasteiger charge is 2.27. The van der Waals surface area contributed by atoms with Gasteiger partial charge in [0.2, 0.25) is 11.8 Å². The Balaban J connectivity index is 0.000000337. The van der Waals surface area contributed by atoms with Gasteiger partial charge in [0.05, 0.1) is 6.04 Å². The van der Waals surface area contributed by atoms with Crippen LogP contribution in [0.5, 0.6) is 0 Å². The second kappa shape index (κ2) is 10.2. The highest BCUT2D eigenvalue weighted by Crippen LogP contribution is 2.13. The molecule has 27 heavy (non-hydrogen) atoms. The molecule has 0 aromatic rings. The van der Waals surface area contributed by atoms with Crippen LogP contribution in [0.1, 0.15) is 59.3 Å².